The standard InChI is InChI=1S/C17H17ClN4O3S/c1-4-22-13(7-10(2)20-22)16(24)19-17-21(9-15(23)25-3)12-6-5-11(18)8-14(12)26-17/h5-8H,4,9H2,1-3H3. The second kappa shape index (κ2) is 7.43. The molecule has 0 radical (unpaired) electrons. The fraction of sp³-hybridized carbons (Fsp3) is 0.294. The Kier molecular flexibility index (Phi) is 5.24. The summed E-state index contributed by atoms with van der Waals surface area (Å²) in [6.07, 6.45) is 0. The number of nitrogens with zero attached hydrogens (tertiary/aromatic N) is 4. The predicted octanol–water partition coefficient (Wildman–Crippen LogP) is 2.80. The van der Waals surface area contributed by atoms with Crippen molar-refractivity contribution in [2.45, 2.75) is 26.9 Å². The molecule has 26 heavy (non-hydrogen) atoms. The molecule has 3 aromatic rings. The van der Waals surface area contributed by atoms with Crippen LogP contribution in [0.3, 0.4) is 0 Å². The van der Waals surface area contributed by atoms with Gasteiger partial charge in [-0.1, -0.05) is 22.9 Å². The normalized spacial score (nSPS) is 11.9. The number of rotatable bonds is 4. The van der Waals surface area contributed by atoms with E-state index in [0.29, 0.717) is 22.1 Å². The monoisotopic (exact) mass is 392 g/mol. The Bertz CT molecular complexity index is 1060. The number of hydrogen-bond acceptors (Lipinski definition) is 5. The Balaban J connectivity index is 2.15. The highest BCUT2D eigenvalue weighted by atomic mass is 35.5. The first-order chi connectivity index (χ1) is 12.4. The highest BCUT2D eigenvalue weighted by Gasteiger charge is 2.15. The summed E-state index contributed by atoms with van der Waals surface area (Å²) < 4.78 is 8.85. The van der Waals surface area contributed by atoms with E-state index < -0.39 is 11.9 Å². The van der Waals surface area contributed by atoms with E-state index in [4.69, 9.17) is 16.3 Å². The van der Waals surface area contributed by atoms with Crippen molar-refractivity contribution in [3.63, 3.8) is 0 Å². The van der Waals surface area contributed by atoms with Crippen molar-refractivity contribution in [2.24, 2.45) is 4.99 Å². The Hall–Kier alpha value is -2.45. The second-order valence-electron chi connectivity index (χ2n) is 5.56. The molecule has 0 aliphatic rings. The first kappa shape index (κ1) is 18.3. The van der Waals surface area contributed by atoms with Gasteiger partial charge in [0.1, 0.15) is 12.2 Å². The maximum absolute atomic E-state index is 12.7. The maximum Gasteiger partial charge on any atom is 0.325 e. The number of amides is 1. The number of aromatic nitrogens is 3. The van der Waals surface area contributed by atoms with Crippen molar-refractivity contribution in [1.82, 2.24) is 14.3 Å². The molecule has 2 heterocycles. The van der Waals surface area contributed by atoms with Gasteiger partial charge in [-0.05, 0) is 38.1 Å². The molecular formula is C17H17ClN4O3S. The third kappa shape index (κ3) is 3.56. The maximum atomic E-state index is 12.7. The second-order valence-corrected chi connectivity index (χ2v) is 7.01. The molecule has 0 saturated heterocycles. The first-order valence-corrected chi connectivity index (χ1v) is 9.11. The summed E-state index contributed by atoms with van der Waals surface area (Å²) >= 11 is 7.34. The lowest BCUT2D eigenvalue weighted by molar-refractivity contribution is -0.141. The number of carbonyl (C=O) groups is 2. The molecule has 3 rings (SSSR count). The van der Waals surface area contributed by atoms with E-state index >= 15 is 0 Å². The largest absolute Gasteiger partial charge is 0.468 e. The smallest absolute Gasteiger partial charge is 0.325 e. The lowest BCUT2D eigenvalue weighted by atomic mass is 10.3. The highest BCUT2D eigenvalue weighted by molar-refractivity contribution is 7.16. The molecule has 0 fully saturated rings. The van der Waals surface area contributed by atoms with Crippen LogP contribution in [0.15, 0.2) is 29.3 Å². The number of esters is 1. The van der Waals surface area contributed by atoms with Crippen LogP contribution in [0.5, 0.6) is 0 Å². The van der Waals surface area contributed by atoms with Gasteiger partial charge in [0.15, 0.2) is 4.80 Å². The summed E-state index contributed by atoms with van der Waals surface area (Å²) in [6, 6.07) is 7.00. The number of hydrogen-bond donors (Lipinski definition) is 0. The summed E-state index contributed by atoms with van der Waals surface area (Å²) in [5, 5.41) is 4.84. The zero-order chi connectivity index (χ0) is 18.8. The highest BCUT2D eigenvalue weighted by Crippen LogP contribution is 2.22. The predicted molar refractivity (Wildman–Crippen MR) is 99.4 cm³/mol. The van der Waals surface area contributed by atoms with Gasteiger partial charge in [-0.2, -0.15) is 10.1 Å². The number of benzene rings is 1. The molecule has 0 atom stereocenters. The number of methoxy groups -OCH3 is 1. The van der Waals surface area contributed by atoms with Gasteiger partial charge in [0.25, 0.3) is 5.91 Å². The van der Waals surface area contributed by atoms with Gasteiger partial charge < -0.3 is 9.30 Å². The third-order valence-corrected chi connectivity index (χ3v) is 5.05. The van der Waals surface area contributed by atoms with Crippen LogP contribution < -0.4 is 4.80 Å². The lowest BCUT2D eigenvalue weighted by Gasteiger charge is -2.04. The van der Waals surface area contributed by atoms with Crippen molar-refractivity contribution in [2.75, 3.05) is 7.11 Å². The van der Waals surface area contributed by atoms with Crippen LogP contribution >= 0.6 is 22.9 Å². The molecule has 9 heteroatoms. The molecule has 0 aliphatic carbocycles. The van der Waals surface area contributed by atoms with Gasteiger partial charge in [0.05, 0.1) is 23.0 Å². The number of halogens is 1. The number of aryl methyl sites for hydroxylation is 2. The van der Waals surface area contributed by atoms with Crippen LogP contribution in [0.25, 0.3) is 10.2 Å². The van der Waals surface area contributed by atoms with Crippen LogP contribution in [-0.4, -0.2) is 33.3 Å². The van der Waals surface area contributed by atoms with Crippen LogP contribution in [0, 0.1) is 6.92 Å². The number of fused-ring (bicyclic) bond motifs is 1. The van der Waals surface area contributed by atoms with Gasteiger partial charge in [-0.25, -0.2) is 0 Å². The van der Waals surface area contributed by atoms with Crippen LogP contribution in [0.4, 0.5) is 0 Å². The van der Waals surface area contributed by atoms with Crippen LogP contribution in [0.2, 0.25) is 5.02 Å². The average Bonchev–Trinajstić information content (AvgIpc) is 3.14. The molecule has 1 aromatic carbocycles. The van der Waals surface area contributed by atoms with Gasteiger partial charge in [0, 0.05) is 11.6 Å². The Labute approximate surface area is 158 Å². The first-order valence-electron chi connectivity index (χ1n) is 7.92. The van der Waals surface area contributed by atoms with E-state index in [2.05, 4.69) is 10.1 Å². The number of thiazole rings is 1. The van der Waals surface area contributed by atoms with Gasteiger partial charge in [0.2, 0.25) is 0 Å². The SMILES string of the molecule is CCn1nc(C)cc1C(=O)N=c1sc2cc(Cl)ccc2n1CC(=O)OC. The van der Waals surface area contributed by atoms with Crippen LogP contribution in [0.1, 0.15) is 23.1 Å². The quantitative estimate of drug-likeness (QED) is 0.639. The van der Waals surface area contributed by atoms with Crippen molar-refractivity contribution < 1.29 is 14.3 Å². The van der Waals surface area contributed by atoms with E-state index in [9.17, 15) is 9.59 Å². The zero-order valence-corrected chi connectivity index (χ0v) is 16.1. The number of ether oxygens (including phenoxy) is 1. The fourth-order valence-electron chi connectivity index (χ4n) is 2.58. The van der Waals surface area contributed by atoms with E-state index in [1.807, 2.05) is 13.8 Å². The van der Waals surface area contributed by atoms with Gasteiger partial charge in [-0.15, -0.1) is 0 Å². The molecule has 2 aromatic heterocycles. The minimum Gasteiger partial charge on any atom is -0.468 e. The molecular weight excluding hydrogens is 376 g/mol. The Morgan fingerprint density at radius 3 is 2.81 bits per heavy atom. The summed E-state index contributed by atoms with van der Waals surface area (Å²) in [7, 11) is 1.32. The van der Waals surface area contributed by atoms with E-state index in [1.54, 1.807) is 33.5 Å². The molecule has 0 aliphatic heterocycles. The summed E-state index contributed by atoms with van der Waals surface area (Å²) in [4.78, 5) is 29.1. The zero-order valence-electron chi connectivity index (χ0n) is 14.5. The molecule has 1 amide bonds. The van der Waals surface area contributed by atoms with E-state index in [-0.39, 0.29) is 6.54 Å². The number of carbonyl (C=O) groups excluding carboxylic acids is 2. The average molecular weight is 393 g/mol. The van der Waals surface area contributed by atoms with Crippen molar-refractivity contribution in [1.29, 1.82) is 0 Å². The molecule has 0 saturated carbocycles. The topological polar surface area (TPSA) is 78.5 Å². The molecule has 0 unspecified atom stereocenters. The third-order valence-electron chi connectivity index (χ3n) is 3.78. The minimum absolute atomic E-state index is 0.0453. The summed E-state index contributed by atoms with van der Waals surface area (Å²) in [6.45, 7) is 4.24. The van der Waals surface area contributed by atoms with Crippen molar-refractivity contribution in [3.8, 4) is 0 Å². The van der Waals surface area contributed by atoms with E-state index in [1.165, 1.54) is 18.4 Å². The van der Waals surface area contributed by atoms with E-state index in [0.717, 1.165) is 15.9 Å². The lowest BCUT2D eigenvalue weighted by Crippen LogP contribution is -2.23. The van der Waals surface area contributed by atoms with Crippen molar-refractivity contribution >= 4 is 45.0 Å². The molecule has 0 spiro atoms. The van der Waals surface area contributed by atoms with Gasteiger partial charge in [-0.3, -0.25) is 14.3 Å². The van der Waals surface area contributed by atoms with Crippen molar-refractivity contribution in [3.05, 3.63) is 45.5 Å². The van der Waals surface area contributed by atoms with Gasteiger partial charge >= 0.3 is 5.97 Å². The molecule has 136 valence electrons. The minimum atomic E-state index is -0.428. The molecule has 0 N–H and O–H groups in total. The Morgan fingerprint density at radius 2 is 2.12 bits per heavy atom. The molecule has 7 nitrogen and oxygen atoms in total. The Morgan fingerprint density at radius 1 is 1.35 bits per heavy atom. The molecule has 0 bridgehead atoms. The summed E-state index contributed by atoms with van der Waals surface area (Å²) in [5.74, 6) is -0.841. The fourth-order valence-corrected chi connectivity index (χ4v) is 3.89. The van der Waals surface area contributed by atoms with Crippen LogP contribution in [-0.2, 0) is 22.6 Å². The summed E-state index contributed by atoms with van der Waals surface area (Å²) in [5.41, 5.74) is 1.91.